The lowest BCUT2D eigenvalue weighted by Gasteiger charge is -2.38. The molecule has 0 aromatic carbocycles. The standard InChI is InChI=1S/C13H18ClN3O/c1-9-8-18-5-4-17(9)13-11(14)6-10-7-15-3-2-12(10)16-13/h2,6,9,11,15H,3-5,7-8H2,1H3/t9-,11?/m1/s1. The summed E-state index contributed by atoms with van der Waals surface area (Å²) < 4.78 is 5.46. The lowest BCUT2D eigenvalue weighted by Crippen LogP contribution is -2.50. The number of ether oxygens (including phenoxy) is 1. The van der Waals surface area contributed by atoms with E-state index in [-0.39, 0.29) is 5.38 Å². The monoisotopic (exact) mass is 267 g/mol. The van der Waals surface area contributed by atoms with Crippen LogP contribution >= 0.6 is 11.6 Å². The van der Waals surface area contributed by atoms with Gasteiger partial charge in [-0.25, -0.2) is 4.99 Å². The summed E-state index contributed by atoms with van der Waals surface area (Å²) in [4.78, 5) is 7.04. The quantitative estimate of drug-likeness (QED) is 0.669. The van der Waals surface area contributed by atoms with Crippen molar-refractivity contribution in [2.45, 2.75) is 18.3 Å². The van der Waals surface area contributed by atoms with Gasteiger partial charge in [-0.2, -0.15) is 0 Å². The minimum atomic E-state index is -0.127. The highest BCUT2D eigenvalue weighted by Crippen LogP contribution is 2.25. The molecule has 2 atom stereocenters. The summed E-state index contributed by atoms with van der Waals surface area (Å²) in [6, 6.07) is 0.344. The Morgan fingerprint density at radius 2 is 2.44 bits per heavy atom. The molecule has 1 unspecified atom stereocenters. The Kier molecular flexibility index (Phi) is 3.41. The van der Waals surface area contributed by atoms with Crippen LogP contribution in [0.25, 0.3) is 0 Å². The molecule has 1 saturated heterocycles. The van der Waals surface area contributed by atoms with E-state index in [0.29, 0.717) is 6.04 Å². The van der Waals surface area contributed by atoms with Crippen LogP contribution in [-0.4, -0.2) is 55.0 Å². The maximum atomic E-state index is 6.46. The normalized spacial score (nSPS) is 32.3. The first-order valence-corrected chi connectivity index (χ1v) is 6.88. The van der Waals surface area contributed by atoms with E-state index < -0.39 is 0 Å². The molecule has 5 heteroatoms. The van der Waals surface area contributed by atoms with Crippen molar-refractivity contribution in [3.8, 4) is 0 Å². The van der Waals surface area contributed by atoms with E-state index in [1.165, 1.54) is 5.57 Å². The fraction of sp³-hybridized carbons (Fsp3) is 0.615. The van der Waals surface area contributed by atoms with Crippen LogP contribution in [0, 0.1) is 0 Å². The number of rotatable bonds is 0. The summed E-state index contributed by atoms with van der Waals surface area (Å²) in [5, 5.41) is 3.17. The zero-order valence-electron chi connectivity index (χ0n) is 10.5. The summed E-state index contributed by atoms with van der Waals surface area (Å²) in [6.07, 6.45) is 4.24. The molecule has 1 fully saturated rings. The van der Waals surface area contributed by atoms with Crippen LogP contribution in [0.1, 0.15) is 6.92 Å². The number of morpholine rings is 1. The van der Waals surface area contributed by atoms with Gasteiger partial charge in [0, 0.05) is 19.6 Å². The Balaban J connectivity index is 1.87. The van der Waals surface area contributed by atoms with Crippen LogP contribution in [0.3, 0.4) is 0 Å². The average molecular weight is 268 g/mol. The van der Waals surface area contributed by atoms with Crippen LogP contribution in [0.15, 0.2) is 28.4 Å². The summed E-state index contributed by atoms with van der Waals surface area (Å²) in [5.41, 5.74) is 2.30. The first-order valence-electron chi connectivity index (χ1n) is 6.44. The molecule has 0 amide bonds. The summed E-state index contributed by atoms with van der Waals surface area (Å²) in [6.45, 7) is 6.28. The number of nitrogens with zero attached hydrogens (tertiary/aromatic N) is 2. The second-order valence-corrected chi connectivity index (χ2v) is 5.37. The molecule has 98 valence electrons. The Morgan fingerprint density at radius 3 is 3.28 bits per heavy atom. The molecule has 18 heavy (non-hydrogen) atoms. The van der Waals surface area contributed by atoms with E-state index in [1.54, 1.807) is 0 Å². The molecule has 3 aliphatic rings. The highest BCUT2D eigenvalue weighted by atomic mass is 35.5. The number of alkyl halides is 1. The predicted octanol–water partition coefficient (Wildman–Crippen LogP) is 1.14. The molecule has 0 aliphatic carbocycles. The molecular formula is C13H18ClN3O. The molecule has 4 nitrogen and oxygen atoms in total. The predicted molar refractivity (Wildman–Crippen MR) is 73.1 cm³/mol. The SMILES string of the molecule is C[C@@H]1COCCN1C1=NC2=CCNCC2=CC1Cl. The van der Waals surface area contributed by atoms with Gasteiger partial charge in [0.2, 0.25) is 0 Å². The van der Waals surface area contributed by atoms with Gasteiger partial charge in [0.05, 0.1) is 25.0 Å². The molecule has 0 aromatic rings. The molecular weight excluding hydrogens is 250 g/mol. The van der Waals surface area contributed by atoms with Crippen LogP contribution in [0.5, 0.6) is 0 Å². The first-order chi connectivity index (χ1) is 8.75. The van der Waals surface area contributed by atoms with Gasteiger partial charge in [-0.1, -0.05) is 6.08 Å². The fourth-order valence-electron chi connectivity index (χ4n) is 2.59. The molecule has 0 aromatic heterocycles. The smallest absolute Gasteiger partial charge is 0.127 e. The Labute approximate surface area is 112 Å². The van der Waals surface area contributed by atoms with Crippen molar-refractivity contribution in [2.24, 2.45) is 4.99 Å². The zero-order chi connectivity index (χ0) is 12.5. The Bertz CT molecular complexity index is 430. The molecule has 0 radical (unpaired) electrons. The third-order valence-corrected chi connectivity index (χ3v) is 3.90. The van der Waals surface area contributed by atoms with Gasteiger partial charge in [-0.05, 0) is 18.6 Å². The van der Waals surface area contributed by atoms with Gasteiger partial charge in [-0.3, -0.25) is 0 Å². The van der Waals surface area contributed by atoms with Crippen molar-refractivity contribution in [3.05, 3.63) is 23.4 Å². The van der Waals surface area contributed by atoms with E-state index in [1.807, 2.05) is 0 Å². The third kappa shape index (κ3) is 2.20. The largest absolute Gasteiger partial charge is 0.377 e. The highest BCUT2D eigenvalue weighted by molar-refractivity contribution is 6.33. The molecule has 3 aliphatic heterocycles. The van der Waals surface area contributed by atoms with Crippen LogP contribution in [0.4, 0.5) is 0 Å². The van der Waals surface area contributed by atoms with Crippen molar-refractivity contribution in [3.63, 3.8) is 0 Å². The van der Waals surface area contributed by atoms with Gasteiger partial charge in [0.25, 0.3) is 0 Å². The number of amidine groups is 1. The first kappa shape index (κ1) is 12.2. The number of hydrogen-bond donors (Lipinski definition) is 1. The second-order valence-electron chi connectivity index (χ2n) is 4.90. The van der Waals surface area contributed by atoms with Crippen molar-refractivity contribution in [2.75, 3.05) is 32.8 Å². The molecule has 0 spiro atoms. The second kappa shape index (κ2) is 5.03. The Hall–Kier alpha value is -0.840. The number of fused-ring (bicyclic) bond motifs is 1. The van der Waals surface area contributed by atoms with Crippen LogP contribution in [0.2, 0.25) is 0 Å². The van der Waals surface area contributed by atoms with Crippen molar-refractivity contribution >= 4 is 17.4 Å². The van der Waals surface area contributed by atoms with Crippen molar-refractivity contribution in [1.82, 2.24) is 10.2 Å². The molecule has 3 heterocycles. The number of hydrogen-bond acceptors (Lipinski definition) is 4. The average Bonchev–Trinajstić information content (AvgIpc) is 2.39. The number of dihydropyridines is 1. The van der Waals surface area contributed by atoms with E-state index in [2.05, 4.69) is 29.3 Å². The number of nitrogens with one attached hydrogen (secondary N) is 1. The van der Waals surface area contributed by atoms with Gasteiger partial charge >= 0.3 is 0 Å². The van der Waals surface area contributed by atoms with Crippen LogP contribution < -0.4 is 5.32 Å². The molecule has 0 saturated carbocycles. The number of halogens is 1. The Morgan fingerprint density at radius 1 is 1.56 bits per heavy atom. The summed E-state index contributed by atoms with van der Waals surface area (Å²) >= 11 is 6.46. The third-order valence-electron chi connectivity index (χ3n) is 3.58. The van der Waals surface area contributed by atoms with Crippen LogP contribution in [-0.2, 0) is 4.74 Å². The minimum Gasteiger partial charge on any atom is -0.377 e. The van der Waals surface area contributed by atoms with E-state index >= 15 is 0 Å². The maximum absolute atomic E-state index is 6.46. The maximum Gasteiger partial charge on any atom is 0.127 e. The lowest BCUT2D eigenvalue weighted by atomic mass is 10.0. The van der Waals surface area contributed by atoms with Gasteiger partial charge in [0.1, 0.15) is 11.2 Å². The van der Waals surface area contributed by atoms with Gasteiger partial charge in [0.15, 0.2) is 0 Å². The zero-order valence-corrected chi connectivity index (χ0v) is 11.3. The van der Waals surface area contributed by atoms with Gasteiger partial charge < -0.3 is 15.0 Å². The lowest BCUT2D eigenvalue weighted by molar-refractivity contribution is 0.0326. The minimum absolute atomic E-state index is 0.127. The molecule has 0 bridgehead atoms. The molecule has 1 N–H and O–H groups in total. The van der Waals surface area contributed by atoms with Crippen molar-refractivity contribution < 1.29 is 4.74 Å². The van der Waals surface area contributed by atoms with E-state index in [0.717, 1.165) is 44.4 Å². The van der Waals surface area contributed by atoms with Crippen molar-refractivity contribution in [1.29, 1.82) is 0 Å². The number of aliphatic imine (C=N–C) groups is 1. The molecule has 3 rings (SSSR count). The summed E-state index contributed by atoms with van der Waals surface area (Å²) in [7, 11) is 0. The highest BCUT2D eigenvalue weighted by Gasteiger charge is 2.29. The summed E-state index contributed by atoms with van der Waals surface area (Å²) in [5.74, 6) is 0.976. The topological polar surface area (TPSA) is 36.9 Å². The fourth-order valence-corrected chi connectivity index (χ4v) is 2.91. The van der Waals surface area contributed by atoms with Gasteiger partial charge in [-0.15, -0.1) is 11.6 Å². The van der Waals surface area contributed by atoms with E-state index in [9.17, 15) is 0 Å². The van der Waals surface area contributed by atoms with E-state index in [4.69, 9.17) is 21.3 Å².